The molecule has 0 spiro atoms. The van der Waals surface area contributed by atoms with E-state index in [9.17, 15) is 9.90 Å². The van der Waals surface area contributed by atoms with Crippen LogP contribution in [0.25, 0.3) is 0 Å². The first-order valence-corrected chi connectivity index (χ1v) is 13.1. The molecule has 0 unspecified atom stereocenters. The number of carbonyl (C=O) groups is 1. The molecular formula is C21H30O3Si. The largest absolute Gasteiger partial charge is 0.544 e. The van der Waals surface area contributed by atoms with Gasteiger partial charge in [0.05, 0.1) is 11.0 Å². The van der Waals surface area contributed by atoms with Gasteiger partial charge in [0.15, 0.2) is 0 Å². The second-order valence-corrected chi connectivity index (χ2v) is 14.0. The van der Waals surface area contributed by atoms with E-state index in [-0.39, 0.29) is 11.7 Å². The van der Waals surface area contributed by atoms with Crippen LogP contribution in [0.4, 0.5) is 0 Å². The molecule has 4 heteroatoms. The molecule has 0 bridgehead atoms. The summed E-state index contributed by atoms with van der Waals surface area (Å²) in [4.78, 5) is 12.5. The Labute approximate surface area is 151 Å². The van der Waals surface area contributed by atoms with Crippen molar-refractivity contribution in [3.05, 3.63) is 29.3 Å². The highest BCUT2D eigenvalue weighted by molar-refractivity contribution is 6.70. The minimum absolute atomic E-state index is 0.217. The summed E-state index contributed by atoms with van der Waals surface area (Å²) in [6, 6.07) is 6.56. The maximum Gasteiger partial charge on any atom is 0.242 e. The van der Waals surface area contributed by atoms with Crippen LogP contribution in [-0.2, 0) is 11.2 Å². The van der Waals surface area contributed by atoms with Crippen molar-refractivity contribution in [3.63, 3.8) is 0 Å². The Kier molecular flexibility index (Phi) is 3.76. The van der Waals surface area contributed by atoms with Gasteiger partial charge in [-0.3, -0.25) is 4.79 Å². The summed E-state index contributed by atoms with van der Waals surface area (Å²) >= 11 is 0. The van der Waals surface area contributed by atoms with Crippen LogP contribution >= 0.6 is 0 Å². The van der Waals surface area contributed by atoms with Crippen LogP contribution in [0, 0.1) is 11.3 Å². The number of fused-ring (bicyclic) bond motifs is 5. The number of Topliss-reactive ketones (excluding diaryl/α,β-unsaturated/α-hetero) is 1. The van der Waals surface area contributed by atoms with Gasteiger partial charge in [-0.25, -0.2) is 0 Å². The Hall–Kier alpha value is -1.13. The van der Waals surface area contributed by atoms with Crippen LogP contribution in [0.2, 0.25) is 19.6 Å². The minimum atomic E-state index is -1.60. The van der Waals surface area contributed by atoms with Gasteiger partial charge in [-0.2, -0.15) is 0 Å². The molecule has 2 fully saturated rings. The smallest absolute Gasteiger partial charge is 0.242 e. The predicted molar refractivity (Wildman–Crippen MR) is 101 cm³/mol. The summed E-state index contributed by atoms with van der Waals surface area (Å²) in [5, 5.41) is 11.5. The molecule has 4 rings (SSSR count). The van der Waals surface area contributed by atoms with Gasteiger partial charge in [-0.05, 0) is 93.8 Å². The molecule has 3 nitrogen and oxygen atoms in total. The Morgan fingerprint density at radius 2 is 1.92 bits per heavy atom. The van der Waals surface area contributed by atoms with Crippen LogP contribution < -0.4 is 4.43 Å². The van der Waals surface area contributed by atoms with E-state index < -0.39 is 19.3 Å². The van der Waals surface area contributed by atoms with Crippen molar-refractivity contribution in [2.75, 3.05) is 0 Å². The highest BCUT2D eigenvalue weighted by Gasteiger charge is 2.64. The first-order valence-electron chi connectivity index (χ1n) is 9.72. The number of carbonyl (C=O) groups excluding carboxylic acids is 1. The first-order chi connectivity index (χ1) is 11.6. The minimum Gasteiger partial charge on any atom is -0.544 e. The second-order valence-electron chi connectivity index (χ2n) is 9.54. The lowest BCUT2D eigenvalue weighted by atomic mass is 9.53. The number of rotatable bonds is 2. The third-order valence-electron chi connectivity index (χ3n) is 7.02. The van der Waals surface area contributed by atoms with Crippen molar-refractivity contribution < 1.29 is 14.3 Å². The molecule has 0 aromatic heterocycles. The highest BCUT2D eigenvalue weighted by atomic mass is 28.4. The first kappa shape index (κ1) is 17.3. The Balaban J connectivity index is 1.67. The van der Waals surface area contributed by atoms with E-state index in [0.29, 0.717) is 18.8 Å². The normalized spacial score (nSPS) is 37.2. The van der Waals surface area contributed by atoms with E-state index in [1.165, 1.54) is 11.1 Å². The van der Waals surface area contributed by atoms with Gasteiger partial charge >= 0.3 is 0 Å². The van der Waals surface area contributed by atoms with Gasteiger partial charge < -0.3 is 9.53 Å². The SMILES string of the molecule is C[C@]12CC[C@@H]3c4ccc(O[Si](C)(C)C)cc4CC[C@H]3[C@]1(O)CCC2=O. The van der Waals surface area contributed by atoms with E-state index in [1.54, 1.807) is 0 Å². The molecule has 1 aromatic carbocycles. The molecule has 4 atom stereocenters. The summed E-state index contributed by atoms with van der Waals surface area (Å²) in [5.74, 6) is 1.87. The Bertz CT molecular complexity index is 722. The summed E-state index contributed by atoms with van der Waals surface area (Å²) in [7, 11) is -1.60. The fraction of sp³-hybridized carbons (Fsp3) is 0.667. The van der Waals surface area contributed by atoms with Crippen molar-refractivity contribution in [3.8, 4) is 5.75 Å². The van der Waals surface area contributed by atoms with Crippen LogP contribution in [0.5, 0.6) is 5.75 Å². The molecule has 25 heavy (non-hydrogen) atoms. The van der Waals surface area contributed by atoms with Gasteiger partial charge in [0.25, 0.3) is 0 Å². The molecule has 2 saturated carbocycles. The summed E-state index contributed by atoms with van der Waals surface area (Å²) in [6.45, 7) is 8.63. The highest BCUT2D eigenvalue weighted by Crippen LogP contribution is 2.61. The molecule has 0 heterocycles. The van der Waals surface area contributed by atoms with E-state index in [0.717, 1.165) is 31.4 Å². The molecule has 3 aliphatic carbocycles. The maximum atomic E-state index is 12.5. The molecule has 0 radical (unpaired) electrons. The molecule has 3 aliphatic rings. The zero-order valence-electron chi connectivity index (χ0n) is 15.9. The van der Waals surface area contributed by atoms with Crippen LogP contribution in [0.1, 0.15) is 56.1 Å². The van der Waals surface area contributed by atoms with Gasteiger partial charge in [0, 0.05) is 6.42 Å². The molecule has 0 amide bonds. The maximum absolute atomic E-state index is 12.5. The third kappa shape index (κ3) is 2.52. The van der Waals surface area contributed by atoms with Crippen molar-refractivity contribution in [1.82, 2.24) is 0 Å². The monoisotopic (exact) mass is 358 g/mol. The van der Waals surface area contributed by atoms with E-state index >= 15 is 0 Å². The van der Waals surface area contributed by atoms with Crippen molar-refractivity contribution >= 4 is 14.1 Å². The topological polar surface area (TPSA) is 46.5 Å². The fourth-order valence-corrected chi connectivity index (χ4v) is 6.56. The third-order valence-corrected chi connectivity index (χ3v) is 7.87. The molecule has 136 valence electrons. The van der Waals surface area contributed by atoms with Crippen molar-refractivity contribution in [2.45, 2.75) is 76.6 Å². The zero-order valence-corrected chi connectivity index (χ0v) is 16.9. The lowest BCUT2D eigenvalue weighted by Gasteiger charge is -2.53. The van der Waals surface area contributed by atoms with Crippen LogP contribution in [0.3, 0.4) is 0 Å². The van der Waals surface area contributed by atoms with E-state index in [4.69, 9.17) is 4.43 Å². The number of hydrogen-bond donors (Lipinski definition) is 1. The zero-order chi connectivity index (χ0) is 18.0. The van der Waals surface area contributed by atoms with Gasteiger partial charge in [0.2, 0.25) is 8.32 Å². The average molecular weight is 359 g/mol. The predicted octanol–water partition coefficient (Wildman–Crippen LogP) is 4.44. The molecule has 1 aromatic rings. The number of aryl methyl sites for hydroxylation is 1. The van der Waals surface area contributed by atoms with E-state index in [2.05, 4.69) is 37.8 Å². The number of ketones is 1. The Morgan fingerprint density at radius 3 is 2.64 bits per heavy atom. The summed E-state index contributed by atoms with van der Waals surface area (Å²) in [5.41, 5.74) is 1.44. The van der Waals surface area contributed by atoms with Crippen molar-refractivity contribution in [2.24, 2.45) is 11.3 Å². The van der Waals surface area contributed by atoms with Gasteiger partial charge in [-0.15, -0.1) is 0 Å². The molecule has 1 N–H and O–H groups in total. The second kappa shape index (κ2) is 5.43. The van der Waals surface area contributed by atoms with Crippen LogP contribution in [-0.4, -0.2) is 24.8 Å². The standard InChI is InChI=1S/C21H30O3Si/c1-20-11-9-17-16-7-6-15(24-25(2,3)4)13-14(16)5-8-18(17)21(20,23)12-10-19(20)22/h6-7,13,17-18,23H,5,8-12H2,1-4H3/t17-,18-,20-,21-/m1/s1. The Morgan fingerprint density at radius 1 is 1.16 bits per heavy atom. The fourth-order valence-electron chi connectivity index (χ4n) is 5.73. The molecular weight excluding hydrogens is 328 g/mol. The molecule has 0 aliphatic heterocycles. The number of hydrogen-bond acceptors (Lipinski definition) is 3. The lowest BCUT2D eigenvalue weighted by molar-refractivity contribution is -0.157. The van der Waals surface area contributed by atoms with Gasteiger partial charge in [0.1, 0.15) is 11.5 Å². The summed E-state index contributed by atoms with van der Waals surface area (Å²) in [6.07, 6.45) is 4.98. The van der Waals surface area contributed by atoms with Gasteiger partial charge in [-0.1, -0.05) is 6.07 Å². The van der Waals surface area contributed by atoms with Crippen molar-refractivity contribution in [1.29, 1.82) is 0 Å². The summed E-state index contributed by atoms with van der Waals surface area (Å²) < 4.78 is 6.17. The lowest BCUT2D eigenvalue weighted by Crippen LogP contribution is -2.56. The van der Waals surface area contributed by atoms with E-state index in [1.807, 2.05) is 6.92 Å². The van der Waals surface area contributed by atoms with Crippen LogP contribution in [0.15, 0.2) is 18.2 Å². The molecule has 0 saturated heterocycles. The number of benzene rings is 1. The number of aliphatic hydroxyl groups is 1. The quantitative estimate of drug-likeness (QED) is 0.795. The average Bonchev–Trinajstić information content (AvgIpc) is 2.77.